The standard InChI is InChI=1S/C13H8ClF4NO3/c14-5-1-2-6(8-9(19)11(21)10(8)20)7(3-5)22-4-13(17,18)12(15)16/h1-3,12H,4,19H2. The summed E-state index contributed by atoms with van der Waals surface area (Å²) in [5.41, 5.74) is 2.94. The summed E-state index contributed by atoms with van der Waals surface area (Å²) in [6.45, 7) is -1.62. The van der Waals surface area contributed by atoms with Gasteiger partial charge in [-0.3, -0.25) is 9.59 Å². The Morgan fingerprint density at radius 2 is 1.86 bits per heavy atom. The average molecular weight is 338 g/mol. The SMILES string of the molecule is Nc1c(-c2ccc(Cl)cc2OCC(F)(F)C(F)F)c(=O)c1=O. The lowest BCUT2D eigenvalue weighted by Gasteiger charge is -2.18. The molecule has 0 aliphatic heterocycles. The lowest BCUT2D eigenvalue weighted by atomic mass is 9.98. The summed E-state index contributed by atoms with van der Waals surface area (Å²) in [7, 11) is 0. The molecule has 2 rings (SSSR count). The van der Waals surface area contributed by atoms with Crippen LogP contribution in [0.1, 0.15) is 0 Å². The van der Waals surface area contributed by atoms with Gasteiger partial charge in [-0.05, 0) is 18.2 Å². The maximum Gasteiger partial charge on any atom is 0.340 e. The van der Waals surface area contributed by atoms with E-state index in [1.807, 2.05) is 0 Å². The van der Waals surface area contributed by atoms with Crippen LogP contribution in [0, 0.1) is 0 Å². The minimum absolute atomic E-state index is 0.0587. The van der Waals surface area contributed by atoms with Gasteiger partial charge in [0.05, 0.1) is 11.3 Å². The van der Waals surface area contributed by atoms with Crippen molar-refractivity contribution in [3.8, 4) is 16.9 Å². The number of halogens is 5. The van der Waals surface area contributed by atoms with Gasteiger partial charge in [0.2, 0.25) is 10.9 Å². The number of hydrogen-bond acceptors (Lipinski definition) is 4. The van der Waals surface area contributed by atoms with Crippen molar-refractivity contribution in [3.05, 3.63) is 43.7 Å². The van der Waals surface area contributed by atoms with E-state index in [4.69, 9.17) is 17.3 Å². The van der Waals surface area contributed by atoms with Crippen molar-refractivity contribution >= 4 is 17.3 Å². The number of nitrogen functional groups attached to an aromatic ring is 1. The fourth-order valence-corrected chi connectivity index (χ4v) is 1.90. The van der Waals surface area contributed by atoms with Crippen LogP contribution in [0.25, 0.3) is 11.1 Å². The number of ether oxygens (including phenoxy) is 1. The number of benzene rings is 1. The predicted molar refractivity (Wildman–Crippen MR) is 72.7 cm³/mol. The smallest absolute Gasteiger partial charge is 0.340 e. The van der Waals surface area contributed by atoms with Crippen LogP contribution in [0.4, 0.5) is 23.2 Å². The molecule has 0 fully saturated rings. The molecule has 2 aromatic rings. The molecule has 22 heavy (non-hydrogen) atoms. The Hall–Kier alpha value is -2.09. The van der Waals surface area contributed by atoms with E-state index in [1.54, 1.807) is 0 Å². The largest absolute Gasteiger partial charge is 0.486 e. The zero-order valence-corrected chi connectivity index (χ0v) is 11.5. The molecule has 0 saturated carbocycles. The Bertz CT molecular complexity index is 784. The van der Waals surface area contributed by atoms with E-state index in [-0.39, 0.29) is 27.6 Å². The molecule has 0 radical (unpaired) electrons. The minimum atomic E-state index is -4.38. The first-order chi connectivity index (χ1) is 10.1. The van der Waals surface area contributed by atoms with E-state index in [0.29, 0.717) is 0 Å². The normalized spacial score (nSPS) is 12.1. The third-order valence-electron chi connectivity index (χ3n) is 2.90. The molecule has 0 bridgehead atoms. The number of anilines is 1. The number of rotatable bonds is 5. The van der Waals surface area contributed by atoms with Crippen LogP contribution in [0.2, 0.25) is 5.02 Å². The maximum atomic E-state index is 12.9. The molecule has 0 aromatic heterocycles. The number of nitrogens with two attached hydrogens (primary N) is 1. The molecule has 0 saturated heterocycles. The molecule has 0 amide bonds. The van der Waals surface area contributed by atoms with Gasteiger partial charge in [-0.25, -0.2) is 8.78 Å². The third-order valence-corrected chi connectivity index (χ3v) is 3.13. The predicted octanol–water partition coefficient (Wildman–Crippen LogP) is 2.46. The van der Waals surface area contributed by atoms with Crippen LogP contribution < -0.4 is 21.3 Å². The number of alkyl halides is 4. The lowest BCUT2D eigenvalue weighted by molar-refractivity contribution is -0.148. The van der Waals surface area contributed by atoms with Gasteiger partial charge in [0.1, 0.15) is 5.75 Å². The lowest BCUT2D eigenvalue weighted by Crippen LogP contribution is -2.36. The second kappa shape index (κ2) is 5.60. The topological polar surface area (TPSA) is 69.4 Å². The molecule has 9 heteroatoms. The second-order valence-corrected chi connectivity index (χ2v) is 4.87. The van der Waals surface area contributed by atoms with Crippen molar-refractivity contribution in [3.63, 3.8) is 0 Å². The first-order valence-electron chi connectivity index (χ1n) is 5.82. The highest BCUT2D eigenvalue weighted by molar-refractivity contribution is 6.30. The van der Waals surface area contributed by atoms with Gasteiger partial charge >= 0.3 is 12.3 Å². The summed E-state index contributed by atoms with van der Waals surface area (Å²) < 4.78 is 54.7. The molecule has 0 spiro atoms. The molecule has 4 nitrogen and oxygen atoms in total. The zero-order chi connectivity index (χ0) is 16.7. The van der Waals surface area contributed by atoms with E-state index in [0.717, 1.165) is 6.07 Å². The van der Waals surface area contributed by atoms with Crippen molar-refractivity contribution in [2.24, 2.45) is 0 Å². The Balaban J connectivity index is 2.38. The fourth-order valence-electron chi connectivity index (χ4n) is 1.74. The summed E-state index contributed by atoms with van der Waals surface area (Å²) in [4.78, 5) is 22.6. The third kappa shape index (κ3) is 2.78. The summed E-state index contributed by atoms with van der Waals surface area (Å²) in [6.07, 6.45) is -3.91. The van der Waals surface area contributed by atoms with Crippen molar-refractivity contribution in [2.45, 2.75) is 12.3 Å². The second-order valence-electron chi connectivity index (χ2n) is 4.44. The van der Waals surface area contributed by atoms with Gasteiger partial charge in [0.25, 0.3) is 0 Å². The van der Waals surface area contributed by atoms with E-state index >= 15 is 0 Å². The quantitative estimate of drug-likeness (QED) is 0.672. The van der Waals surface area contributed by atoms with Crippen molar-refractivity contribution in [1.82, 2.24) is 0 Å². The zero-order valence-electron chi connectivity index (χ0n) is 10.7. The molecular formula is C13H8ClF4NO3. The Morgan fingerprint density at radius 1 is 1.23 bits per heavy atom. The summed E-state index contributed by atoms with van der Waals surface area (Å²) in [5, 5.41) is 0.0661. The van der Waals surface area contributed by atoms with E-state index in [2.05, 4.69) is 4.74 Å². The van der Waals surface area contributed by atoms with Gasteiger partial charge in [0.15, 0.2) is 6.61 Å². The molecular weight excluding hydrogens is 330 g/mol. The average Bonchev–Trinajstić information content (AvgIpc) is 2.46. The van der Waals surface area contributed by atoms with Gasteiger partial charge in [0, 0.05) is 10.6 Å². The summed E-state index contributed by atoms with van der Waals surface area (Å²) in [5.74, 6) is -4.72. The molecule has 0 aliphatic rings. The van der Waals surface area contributed by atoms with Crippen LogP contribution in [0.3, 0.4) is 0 Å². The molecule has 118 valence electrons. The monoisotopic (exact) mass is 337 g/mol. The van der Waals surface area contributed by atoms with Gasteiger partial charge in [-0.1, -0.05) is 11.6 Å². The van der Waals surface area contributed by atoms with Crippen LogP contribution in [-0.2, 0) is 0 Å². The molecule has 2 N–H and O–H groups in total. The van der Waals surface area contributed by atoms with Crippen LogP contribution >= 0.6 is 11.6 Å². The number of hydrogen-bond donors (Lipinski definition) is 1. The van der Waals surface area contributed by atoms with Gasteiger partial charge in [-0.2, -0.15) is 8.78 Å². The maximum absolute atomic E-state index is 12.9. The highest BCUT2D eigenvalue weighted by atomic mass is 35.5. The van der Waals surface area contributed by atoms with Crippen LogP contribution in [0.5, 0.6) is 5.75 Å². The molecule has 0 aliphatic carbocycles. The molecule has 0 unspecified atom stereocenters. The molecule has 2 aromatic carbocycles. The highest BCUT2D eigenvalue weighted by Gasteiger charge is 2.42. The van der Waals surface area contributed by atoms with Crippen molar-refractivity contribution < 1.29 is 22.3 Å². The van der Waals surface area contributed by atoms with Crippen molar-refractivity contribution in [2.75, 3.05) is 12.3 Å². The molecule has 0 atom stereocenters. The summed E-state index contributed by atoms with van der Waals surface area (Å²) in [6, 6.07) is 3.60. The Labute approximate surface area is 125 Å². The van der Waals surface area contributed by atoms with E-state index in [1.165, 1.54) is 12.1 Å². The first-order valence-corrected chi connectivity index (χ1v) is 6.20. The molecule has 0 heterocycles. The fraction of sp³-hybridized carbons (Fsp3) is 0.231. The summed E-state index contributed by atoms with van der Waals surface area (Å²) >= 11 is 5.68. The van der Waals surface area contributed by atoms with E-state index in [9.17, 15) is 27.2 Å². The van der Waals surface area contributed by atoms with E-state index < -0.39 is 29.8 Å². The van der Waals surface area contributed by atoms with Gasteiger partial charge < -0.3 is 10.5 Å². The first kappa shape index (κ1) is 16.3. The Morgan fingerprint density at radius 3 is 2.41 bits per heavy atom. The Kier molecular flexibility index (Phi) is 4.15. The highest BCUT2D eigenvalue weighted by Crippen LogP contribution is 2.35. The van der Waals surface area contributed by atoms with Gasteiger partial charge in [-0.15, -0.1) is 0 Å². The minimum Gasteiger partial charge on any atom is -0.486 e. The van der Waals surface area contributed by atoms with Crippen LogP contribution in [0.15, 0.2) is 27.8 Å². The van der Waals surface area contributed by atoms with Crippen molar-refractivity contribution in [1.29, 1.82) is 0 Å². The van der Waals surface area contributed by atoms with Crippen LogP contribution in [-0.4, -0.2) is 19.0 Å².